The Hall–Kier alpha value is -1.86. The molecule has 0 saturated carbocycles. The average molecular weight is 462 g/mol. The first kappa shape index (κ1) is 18.9. The summed E-state index contributed by atoms with van der Waals surface area (Å²) < 4.78 is 0. The number of nitrogens with zero attached hydrogens (tertiary/aromatic N) is 2. The van der Waals surface area contributed by atoms with Crippen molar-refractivity contribution in [2.45, 2.75) is 0 Å². The fourth-order valence-electron chi connectivity index (χ4n) is 2.67. The van der Waals surface area contributed by atoms with E-state index in [1.165, 1.54) is 11.1 Å². The predicted molar refractivity (Wildman–Crippen MR) is 108 cm³/mol. The molecular weight excluding hydrogens is 447 g/mol. The normalized spacial score (nSPS) is 10.7. The Labute approximate surface area is 169 Å². The second kappa shape index (κ2) is 9.73. The molecule has 0 unspecified atom stereocenters. The molecule has 0 aliphatic rings. The minimum atomic E-state index is -0.586. The molecule has 0 fully saturated rings. The third-order valence-corrected chi connectivity index (χ3v) is 3.88. The van der Waals surface area contributed by atoms with Crippen LogP contribution in [-0.4, -0.2) is 6.21 Å². The third-order valence-electron chi connectivity index (χ3n) is 3.88. The van der Waals surface area contributed by atoms with Gasteiger partial charge in [0.05, 0.1) is 5.69 Å². The summed E-state index contributed by atoms with van der Waals surface area (Å²) in [4.78, 5) is 8.97. The molecule has 1 heterocycles. The van der Waals surface area contributed by atoms with E-state index in [2.05, 4.69) is 52.4 Å². The number of benzene rings is 3. The van der Waals surface area contributed by atoms with Crippen molar-refractivity contribution in [3.63, 3.8) is 0 Å². The van der Waals surface area contributed by atoms with Gasteiger partial charge >= 0.3 is 35.3 Å². The van der Waals surface area contributed by atoms with Crippen LogP contribution in [0, 0.1) is 0 Å². The van der Waals surface area contributed by atoms with Crippen LogP contribution in [-0.2, 0) is 16.5 Å². The van der Waals surface area contributed by atoms with Gasteiger partial charge in [0.25, 0.3) is 0 Å². The van der Waals surface area contributed by atoms with Crippen LogP contribution in [0.15, 0.2) is 90.1 Å². The van der Waals surface area contributed by atoms with Gasteiger partial charge in [0.2, 0.25) is 0 Å². The molecule has 4 aromatic rings. The van der Waals surface area contributed by atoms with Crippen molar-refractivity contribution in [1.29, 1.82) is 0 Å². The van der Waals surface area contributed by atoms with Crippen molar-refractivity contribution in [3.05, 3.63) is 90.6 Å². The first-order valence-corrected chi connectivity index (χ1v) is 13.1. The van der Waals surface area contributed by atoms with Gasteiger partial charge in [0.1, 0.15) is 0 Å². The Morgan fingerprint density at radius 1 is 0.769 bits per heavy atom. The molecule has 5 heteroatoms. The van der Waals surface area contributed by atoms with E-state index < -0.39 is 16.5 Å². The van der Waals surface area contributed by atoms with Crippen LogP contribution < -0.4 is 4.98 Å². The second-order valence-electron chi connectivity index (χ2n) is 5.46. The molecule has 130 valence electrons. The van der Waals surface area contributed by atoms with Crippen LogP contribution in [0.1, 0.15) is 5.56 Å². The summed E-state index contributed by atoms with van der Waals surface area (Å²) in [5, 5.41) is 1.15. The molecule has 0 saturated heterocycles. The van der Waals surface area contributed by atoms with Gasteiger partial charge < -0.3 is 4.98 Å². The zero-order valence-electron chi connectivity index (χ0n) is 13.7. The molecular formula is C21H15Cl2MoN2-. The summed E-state index contributed by atoms with van der Waals surface area (Å²) >= 11 is -0.586. The van der Waals surface area contributed by atoms with Crippen molar-refractivity contribution in [2.75, 3.05) is 0 Å². The molecule has 0 amide bonds. The van der Waals surface area contributed by atoms with Gasteiger partial charge in [-0.25, -0.2) is 0 Å². The number of rotatable bonds is 3. The predicted octanol–water partition coefficient (Wildman–Crippen LogP) is 6.59. The first-order chi connectivity index (χ1) is 12.8. The van der Waals surface area contributed by atoms with Crippen molar-refractivity contribution in [2.24, 2.45) is 4.99 Å². The van der Waals surface area contributed by atoms with Gasteiger partial charge in [-0.1, -0.05) is 66.7 Å². The maximum atomic E-state index is 4.89. The number of hydrogen-bond acceptors (Lipinski definition) is 1. The summed E-state index contributed by atoms with van der Waals surface area (Å²) in [5.41, 5.74) is 5.39. The number of fused-ring (bicyclic) bond motifs is 1. The summed E-state index contributed by atoms with van der Waals surface area (Å²) in [7, 11) is 9.79. The molecule has 2 nitrogen and oxygen atoms in total. The van der Waals surface area contributed by atoms with Gasteiger partial charge in [-0.15, -0.1) is 5.52 Å². The van der Waals surface area contributed by atoms with E-state index in [0.29, 0.717) is 0 Å². The van der Waals surface area contributed by atoms with E-state index in [1.54, 1.807) is 0 Å². The van der Waals surface area contributed by atoms with Crippen molar-refractivity contribution < 1.29 is 16.5 Å². The molecule has 0 N–H and O–H groups in total. The van der Waals surface area contributed by atoms with Gasteiger partial charge in [-0.05, 0) is 34.2 Å². The molecule has 1 aromatic heterocycles. The molecule has 0 bridgehead atoms. The molecule has 0 atom stereocenters. The monoisotopic (exact) mass is 463 g/mol. The van der Waals surface area contributed by atoms with Crippen LogP contribution in [0.5, 0.6) is 0 Å². The fraction of sp³-hybridized carbons (Fsp3) is 0. The van der Waals surface area contributed by atoms with Crippen molar-refractivity contribution in [1.82, 2.24) is 4.98 Å². The molecule has 26 heavy (non-hydrogen) atoms. The van der Waals surface area contributed by atoms with E-state index in [9.17, 15) is 0 Å². The third kappa shape index (κ3) is 4.86. The zero-order chi connectivity index (χ0) is 18.2. The number of aromatic nitrogens is 1. The average Bonchev–Trinajstić information content (AvgIpc) is 3.18. The van der Waals surface area contributed by atoms with Crippen LogP contribution in [0.3, 0.4) is 0 Å². The quantitative estimate of drug-likeness (QED) is 0.249. The number of halogens is 2. The standard InChI is InChI=1S/C21H15N2.2ClH.Mo/c1-2-5-16(6-3-1)17-9-11-20(12-10-17)23-15-19-8-4-7-18-13-14-22-21(18)19;;;/h1-15H;2*1H;/q-1;;;+2/p-2. The van der Waals surface area contributed by atoms with Crippen LogP contribution >= 0.6 is 18.8 Å². The molecule has 0 spiro atoms. The van der Waals surface area contributed by atoms with Gasteiger partial charge in [-0.3, -0.25) is 4.99 Å². The summed E-state index contributed by atoms with van der Waals surface area (Å²) in [6.45, 7) is 0. The molecule has 0 aliphatic carbocycles. The number of aliphatic imine (C=N–C) groups is 1. The number of hydrogen-bond donors (Lipinski definition) is 0. The summed E-state index contributed by atoms with van der Waals surface area (Å²) in [5.74, 6) is 0. The Morgan fingerprint density at radius 2 is 1.46 bits per heavy atom. The van der Waals surface area contributed by atoms with Crippen LogP contribution in [0.2, 0.25) is 0 Å². The molecule has 3 aromatic carbocycles. The summed E-state index contributed by atoms with van der Waals surface area (Å²) in [6, 6.07) is 26.8. The Balaban J connectivity index is 0.000000613. The van der Waals surface area contributed by atoms with E-state index in [-0.39, 0.29) is 0 Å². The van der Waals surface area contributed by atoms with Gasteiger partial charge in [0.15, 0.2) is 0 Å². The van der Waals surface area contributed by atoms with E-state index in [1.807, 2.05) is 48.8 Å². The molecule has 4 rings (SSSR count). The molecule has 0 aliphatic heterocycles. The Morgan fingerprint density at radius 3 is 2.19 bits per heavy atom. The number of para-hydroxylation sites is 1. The van der Waals surface area contributed by atoms with Crippen molar-refractivity contribution in [3.8, 4) is 11.1 Å². The Kier molecular flexibility index (Phi) is 7.08. The zero-order valence-corrected chi connectivity index (χ0v) is 17.2. The Bertz CT molecular complexity index is 980. The second-order valence-corrected chi connectivity index (χ2v) is 8.51. The summed E-state index contributed by atoms with van der Waals surface area (Å²) in [6.07, 6.45) is 3.71. The first-order valence-electron chi connectivity index (χ1n) is 7.91. The van der Waals surface area contributed by atoms with Gasteiger partial charge in [0, 0.05) is 6.21 Å². The van der Waals surface area contributed by atoms with Gasteiger partial charge in [-0.2, -0.15) is 6.20 Å². The SMILES string of the molecule is C(=Nc1ccc(-c2ccccc2)cc1)c1cccc2cc[n-]c12.[Cl][Mo][Cl]. The van der Waals surface area contributed by atoms with E-state index in [4.69, 9.17) is 18.8 Å². The maximum absolute atomic E-state index is 4.89. The van der Waals surface area contributed by atoms with Crippen LogP contribution in [0.4, 0.5) is 5.69 Å². The van der Waals surface area contributed by atoms with Crippen molar-refractivity contribution >= 4 is 41.6 Å². The van der Waals surface area contributed by atoms with Crippen LogP contribution in [0.25, 0.3) is 22.0 Å². The van der Waals surface area contributed by atoms with E-state index >= 15 is 0 Å². The fourth-order valence-corrected chi connectivity index (χ4v) is 2.67. The topological polar surface area (TPSA) is 26.5 Å². The van der Waals surface area contributed by atoms with E-state index in [0.717, 1.165) is 22.2 Å². The minimum absolute atomic E-state index is 0.586. The molecule has 0 radical (unpaired) electrons.